The molecule has 1 rings (SSSR count). The fraction of sp³-hybridized carbons (Fsp3) is 0.778. The first-order valence-electron chi connectivity index (χ1n) is 4.65. The highest BCUT2D eigenvalue weighted by molar-refractivity contribution is 5.79. The fourth-order valence-corrected chi connectivity index (χ4v) is 1.27. The lowest BCUT2D eigenvalue weighted by Gasteiger charge is -2.37. The zero-order valence-electron chi connectivity index (χ0n) is 8.37. The molecule has 0 heterocycles. The van der Waals surface area contributed by atoms with Crippen molar-refractivity contribution in [3.63, 3.8) is 0 Å². The van der Waals surface area contributed by atoms with Gasteiger partial charge in [0.05, 0.1) is 0 Å². The van der Waals surface area contributed by atoms with Crippen LogP contribution in [0, 0.1) is 0 Å². The first-order chi connectivity index (χ1) is 6.43. The van der Waals surface area contributed by atoms with E-state index in [9.17, 15) is 9.59 Å². The number of hydrogen-bond donors (Lipinski definition) is 2. The summed E-state index contributed by atoms with van der Waals surface area (Å²) in [7, 11) is 0. The molecule has 0 radical (unpaired) electrons. The summed E-state index contributed by atoms with van der Waals surface area (Å²) in [5, 5.41) is 10.8. The van der Waals surface area contributed by atoms with E-state index >= 15 is 0 Å². The van der Waals surface area contributed by atoms with Crippen LogP contribution in [-0.4, -0.2) is 28.8 Å². The second-order valence-electron chi connectivity index (χ2n) is 3.90. The van der Waals surface area contributed by atoms with Gasteiger partial charge in [-0.3, -0.25) is 4.79 Å². The Morgan fingerprint density at radius 1 is 1.50 bits per heavy atom. The molecule has 1 aliphatic carbocycles. The molecule has 0 aromatic carbocycles. The van der Waals surface area contributed by atoms with E-state index in [2.05, 4.69) is 5.32 Å². The summed E-state index contributed by atoms with van der Waals surface area (Å²) in [6, 6.07) is -0.911. The molecule has 1 saturated carbocycles. The molecular weight excluding hydrogens is 186 g/mol. The third-order valence-electron chi connectivity index (χ3n) is 2.46. The van der Waals surface area contributed by atoms with E-state index in [4.69, 9.17) is 9.84 Å². The van der Waals surface area contributed by atoms with E-state index in [1.807, 2.05) is 6.92 Å². The van der Waals surface area contributed by atoms with Gasteiger partial charge in [0.2, 0.25) is 0 Å². The Hall–Kier alpha value is -1.26. The number of rotatable bonds is 3. The van der Waals surface area contributed by atoms with Crippen molar-refractivity contribution < 1.29 is 19.4 Å². The van der Waals surface area contributed by atoms with Gasteiger partial charge >= 0.3 is 12.1 Å². The number of carboxylic acids is 1. The number of alkyl carbamates (subject to hydrolysis) is 1. The molecule has 0 aliphatic heterocycles. The smallest absolute Gasteiger partial charge is 0.408 e. The van der Waals surface area contributed by atoms with Crippen LogP contribution in [0.15, 0.2) is 0 Å². The molecule has 1 amide bonds. The van der Waals surface area contributed by atoms with Gasteiger partial charge in [0.15, 0.2) is 0 Å². The zero-order chi connectivity index (χ0) is 10.8. The molecule has 0 bridgehead atoms. The molecule has 5 nitrogen and oxygen atoms in total. The van der Waals surface area contributed by atoms with Crippen LogP contribution in [0.5, 0.6) is 0 Å². The second kappa shape index (κ2) is 3.86. The number of carbonyl (C=O) groups excluding carboxylic acids is 1. The van der Waals surface area contributed by atoms with Crippen LogP contribution >= 0.6 is 0 Å². The predicted octanol–water partition coefficient (Wildman–Crippen LogP) is 1.13. The predicted molar refractivity (Wildman–Crippen MR) is 49.0 cm³/mol. The average molecular weight is 201 g/mol. The average Bonchev–Trinajstić information content (AvgIpc) is 2.00. The monoisotopic (exact) mass is 201 g/mol. The number of nitrogens with one attached hydrogen (secondary N) is 1. The minimum atomic E-state index is -1.07. The van der Waals surface area contributed by atoms with E-state index in [1.54, 1.807) is 0 Å². The van der Waals surface area contributed by atoms with Crippen LogP contribution in [0.1, 0.15) is 33.1 Å². The molecule has 0 spiro atoms. The summed E-state index contributed by atoms with van der Waals surface area (Å²) in [5.41, 5.74) is -0.387. The standard InChI is InChI=1S/C9H15NO4/c1-6(7(11)12)10-8(13)14-9(2)4-3-5-9/h6H,3-5H2,1-2H3,(H,10,13)(H,11,12)/t6-/m0/s1. The Kier molecular flexibility index (Phi) is 2.98. The molecule has 5 heteroatoms. The molecule has 0 unspecified atom stereocenters. The van der Waals surface area contributed by atoms with Gasteiger partial charge in [-0.25, -0.2) is 4.79 Å². The van der Waals surface area contributed by atoms with Gasteiger partial charge in [-0.1, -0.05) is 0 Å². The maximum Gasteiger partial charge on any atom is 0.408 e. The molecule has 1 aliphatic rings. The molecule has 1 fully saturated rings. The number of ether oxygens (including phenoxy) is 1. The van der Waals surface area contributed by atoms with E-state index in [0.29, 0.717) is 0 Å². The summed E-state index contributed by atoms with van der Waals surface area (Å²) in [6.45, 7) is 3.24. The Morgan fingerprint density at radius 3 is 2.43 bits per heavy atom. The number of aliphatic carboxylic acids is 1. The van der Waals surface area contributed by atoms with Crippen molar-refractivity contribution in [2.45, 2.75) is 44.8 Å². The van der Waals surface area contributed by atoms with Crippen molar-refractivity contribution in [3.05, 3.63) is 0 Å². The SMILES string of the molecule is C[C@H](NC(=O)OC1(C)CCC1)C(=O)O. The van der Waals surface area contributed by atoms with Crippen molar-refractivity contribution in [3.8, 4) is 0 Å². The molecule has 1 atom stereocenters. The maximum absolute atomic E-state index is 11.2. The van der Waals surface area contributed by atoms with Gasteiger partial charge in [0.1, 0.15) is 11.6 Å². The highest BCUT2D eigenvalue weighted by Crippen LogP contribution is 2.34. The van der Waals surface area contributed by atoms with Crippen LogP contribution in [-0.2, 0) is 9.53 Å². The number of amides is 1. The van der Waals surface area contributed by atoms with Gasteiger partial charge in [0, 0.05) is 0 Å². The summed E-state index contributed by atoms with van der Waals surface area (Å²) in [5.74, 6) is -1.07. The van der Waals surface area contributed by atoms with Crippen molar-refractivity contribution in [2.75, 3.05) is 0 Å². The first-order valence-corrected chi connectivity index (χ1v) is 4.65. The van der Waals surface area contributed by atoms with Gasteiger partial charge in [-0.2, -0.15) is 0 Å². The molecule has 0 saturated heterocycles. The van der Waals surface area contributed by atoms with Crippen LogP contribution < -0.4 is 5.32 Å². The number of carbonyl (C=O) groups is 2. The van der Waals surface area contributed by atoms with Crippen LogP contribution in [0.3, 0.4) is 0 Å². The Bertz CT molecular complexity index is 247. The van der Waals surface area contributed by atoms with E-state index < -0.39 is 18.1 Å². The lowest BCUT2D eigenvalue weighted by atomic mass is 9.82. The quantitative estimate of drug-likeness (QED) is 0.717. The lowest BCUT2D eigenvalue weighted by molar-refractivity contribution is -0.139. The summed E-state index contributed by atoms with van der Waals surface area (Å²) in [6.07, 6.45) is 2.10. The van der Waals surface area contributed by atoms with Gasteiger partial charge in [0.25, 0.3) is 0 Å². The van der Waals surface area contributed by atoms with E-state index in [-0.39, 0.29) is 5.60 Å². The van der Waals surface area contributed by atoms with E-state index in [1.165, 1.54) is 6.92 Å². The van der Waals surface area contributed by atoms with Crippen molar-refractivity contribution >= 4 is 12.1 Å². The van der Waals surface area contributed by atoms with Crippen molar-refractivity contribution in [1.29, 1.82) is 0 Å². The lowest BCUT2D eigenvalue weighted by Crippen LogP contribution is -2.45. The zero-order valence-corrected chi connectivity index (χ0v) is 8.37. The molecular formula is C9H15NO4. The normalized spacial score (nSPS) is 20.4. The van der Waals surface area contributed by atoms with Crippen LogP contribution in [0.25, 0.3) is 0 Å². The maximum atomic E-state index is 11.2. The largest absolute Gasteiger partial charge is 0.480 e. The van der Waals surface area contributed by atoms with Crippen LogP contribution in [0.4, 0.5) is 4.79 Å². The highest BCUT2D eigenvalue weighted by atomic mass is 16.6. The minimum absolute atomic E-state index is 0.387. The molecule has 0 aromatic heterocycles. The summed E-state index contributed by atoms with van der Waals surface area (Å²) in [4.78, 5) is 21.6. The van der Waals surface area contributed by atoms with Gasteiger partial charge in [-0.15, -0.1) is 0 Å². The highest BCUT2D eigenvalue weighted by Gasteiger charge is 2.36. The Labute approximate surface area is 82.4 Å². The van der Waals surface area contributed by atoms with Crippen molar-refractivity contribution in [2.24, 2.45) is 0 Å². The Morgan fingerprint density at radius 2 is 2.07 bits per heavy atom. The van der Waals surface area contributed by atoms with Gasteiger partial charge < -0.3 is 15.2 Å². The molecule has 0 aromatic rings. The number of carboxylic acid groups (broad SMARTS) is 1. The summed E-state index contributed by atoms with van der Waals surface area (Å²) < 4.78 is 5.08. The van der Waals surface area contributed by atoms with Crippen molar-refractivity contribution in [1.82, 2.24) is 5.32 Å². The minimum Gasteiger partial charge on any atom is -0.480 e. The topological polar surface area (TPSA) is 75.6 Å². The first kappa shape index (κ1) is 10.8. The van der Waals surface area contributed by atoms with E-state index in [0.717, 1.165) is 19.3 Å². The molecule has 14 heavy (non-hydrogen) atoms. The third kappa shape index (κ3) is 2.61. The number of hydrogen-bond acceptors (Lipinski definition) is 3. The third-order valence-corrected chi connectivity index (χ3v) is 2.46. The second-order valence-corrected chi connectivity index (χ2v) is 3.90. The molecule has 80 valence electrons. The van der Waals surface area contributed by atoms with Crippen LogP contribution in [0.2, 0.25) is 0 Å². The molecule has 2 N–H and O–H groups in total. The fourth-order valence-electron chi connectivity index (χ4n) is 1.27. The van der Waals surface area contributed by atoms with Gasteiger partial charge in [-0.05, 0) is 33.1 Å². The summed E-state index contributed by atoms with van der Waals surface area (Å²) >= 11 is 0. The Balaban J connectivity index is 2.32.